The Balaban J connectivity index is 1.88. The molecule has 1 amide bonds. The number of carbonyl (C=O) groups excluding carboxylic acids is 1. The zero-order valence-corrected chi connectivity index (χ0v) is 11.5. The van der Waals surface area contributed by atoms with Crippen LogP contribution in [0, 0.1) is 12.7 Å². The number of nitrogens with zero attached hydrogens (tertiary/aromatic N) is 1. The van der Waals surface area contributed by atoms with Gasteiger partial charge in [-0.2, -0.15) is 0 Å². The second-order valence-corrected chi connectivity index (χ2v) is 5.33. The van der Waals surface area contributed by atoms with Crippen molar-refractivity contribution in [2.75, 3.05) is 11.9 Å². The highest BCUT2D eigenvalue weighted by Crippen LogP contribution is 2.21. The summed E-state index contributed by atoms with van der Waals surface area (Å²) >= 11 is 6.97. The number of amides is 1. The molecule has 2 aromatic rings. The lowest BCUT2D eigenvalue weighted by atomic mass is 10.3. The summed E-state index contributed by atoms with van der Waals surface area (Å²) in [6.07, 6.45) is 1.67. The van der Waals surface area contributed by atoms with Crippen molar-refractivity contribution >= 4 is 34.0 Å². The van der Waals surface area contributed by atoms with Gasteiger partial charge in [0.25, 0.3) is 5.91 Å². The second-order valence-electron chi connectivity index (χ2n) is 3.69. The van der Waals surface area contributed by atoms with E-state index in [1.807, 2.05) is 6.92 Å². The Morgan fingerprint density at radius 1 is 1.58 bits per heavy atom. The van der Waals surface area contributed by atoms with Gasteiger partial charge in [-0.1, -0.05) is 11.6 Å². The second kappa shape index (κ2) is 5.99. The lowest BCUT2D eigenvalue weighted by Gasteiger charge is -2.06. The summed E-state index contributed by atoms with van der Waals surface area (Å²) < 4.78 is 18.1. The van der Waals surface area contributed by atoms with Gasteiger partial charge in [-0.3, -0.25) is 10.1 Å². The van der Waals surface area contributed by atoms with Crippen molar-refractivity contribution < 1.29 is 13.9 Å². The minimum Gasteiger partial charge on any atom is -0.484 e. The molecule has 0 bridgehead atoms. The average Bonchev–Trinajstić information content (AvgIpc) is 2.76. The number of nitrogens with one attached hydrogen (secondary N) is 1. The van der Waals surface area contributed by atoms with Gasteiger partial charge in [-0.05, 0) is 19.1 Å². The van der Waals surface area contributed by atoms with Gasteiger partial charge in [0, 0.05) is 17.1 Å². The molecule has 0 spiro atoms. The third-order valence-corrected chi connectivity index (χ3v) is 3.25. The van der Waals surface area contributed by atoms with Gasteiger partial charge in [-0.25, -0.2) is 9.37 Å². The van der Waals surface area contributed by atoms with Crippen molar-refractivity contribution in [1.82, 2.24) is 4.98 Å². The fourth-order valence-corrected chi connectivity index (χ4v) is 2.13. The maximum absolute atomic E-state index is 12.9. The van der Waals surface area contributed by atoms with Gasteiger partial charge in [0.05, 0.1) is 5.02 Å². The first-order valence-corrected chi connectivity index (χ1v) is 6.54. The molecule has 7 heteroatoms. The quantitative estimate of drug-likeness (QED) is 0.943. The predicted octanol–water partition coefficient (Wildman–Crippen LogP) is 3.26. The number of anilines is 1. The summed E-state index contributed by atoms with van der Waals surface area (Å²) in [5.74, 6) is -0.539. The standard InChI is InChI=1S/C12H10ClFN2O2S/c1-7-5-15-12(19-7)16-11(17)6-18-8-2-3-10(14)9(13)4-8/h2-5H,6H2,1H3,(H,15,16,17). The molecule has 4 nitrogen and oxygen atoms in total. The molecule has 1 heterocycles. The predicted molar refractivity (Wildman–Crippen MR) is 72.4 cm³/mol. The Kier molecular flexibility index (Phi) is 4.34. The SMILES string of the molecule is Cc1cnc(NC(=O)COc2ccc(F)c(Cl)c2)s1. The van der Waals surface area contributed by atoms with E-state index in [9.17, 15) is 9.18 Å². The third kappa shape index (κ3) is 3.90. The largest absolute Gasteiger partial charge is 0.484 e. The fourth-order valence-electron chi connectivity index (χ4n) is 1.28. The first-order chi connectivity index (χ1) is 9.04. The van der Waals surface area contributed by atoms with Crippen molar-refractivity contribution in [1.29, 1.82) is 0 Å². The van der Waals surface area contributed by atoms with Crippen LogP contribution in [-0.4, -0.2) is 17.5 Å². The zero-order chi connectivity index (χ0) is 13.8. The molecule has 0 saturated carbocycles. The number of aromatic nitrogens is 1. The van der Waals surface area contributed by atoms with Crippen LogP contribution in [-0.2, 0) is 4.79 Å². The first-order valence-electron chi connectivity index (χ1n) is 5.35. The fraction of sp³-hybridized carbons (Fsp3) is 0.167. The van der Waals surface area contributed by atoms with Crippen LogP contribution in [0.3, 0.4) is 0 Å². The number of hydrogen-bond acceptors (Lipinski definition) is 4. The Bertz CT molecular complexity index is 603. The van der Waals surface area contributed by atoms with Crippen molar-refractivity contribution in [3.8, 4) is 5.75 Å². The van der Waals surface area contributed by atoms with Crippen LogP contribution in [0.15, 0.2) is 24.4 Å². The van der Waals surface area contributed by atoms with Crippen LogP contribution in [0.4, 0.5) is 9.52 Å². The molecule has 0 fully saturated rings. The normalized spacial score (nSPS) is 10.3. The molecule has 1 aromatic carbocycles. The van der Waals surface area contributed by atoms with E-state index in [1.54, 1.807) is 6.20 Å². The molecule has 0 atom stereocenters. The Labute approximate surface area is 118 Å². The van der Waals surface area contributed by atoms with Crippen LogP contribution in [0.2, 0.25) is 5.02 Å². The average molecular weight is 301 g/mol. The van der Waals surface area contributed by atoms with Crippen molar-refractivity contribution in [2.24, 2.45) is 0 Å². The van der Waals surface area contributed by atoms with E-state index >= 15 is 0 Å². The van der Waals surface area contributed by atoms with E-state index in [1.165, 1.54) is 29.5 Å². The molecule has 0 aliphatic carbocycles. The van der Waals surface area contributed by atoms with Crippen LogP contribution in [0.25, 0.3) is 0 Å². The summed E-state index contributed by atoms with van der Waals surface area (Å²) in [6.45, 7) is 1.70. The summed E-state index contributed by atoms with van der Waals surface area (Å²) in [5, 5.41) is 3.06. The van der Waals surface area contributed by atoms with Crippen LogP contribution in [0.5, 0.6) is 5.75 Å². The van der Waals surface area contributed by atoms with Crippen LogP contribution in [0.1, 0.15) is 4.88 Å². The number of hydrogen-bond donors (Lipinski definition) is 1. The number of aryl methyl sites for hydroxylation is 1. The highest BCUT2D eigenvalue weighted by Gasteiger charge is 2.07. The van der Waals surface area contributed by atoms with Gasteiger partial charge in [-0.15, -0.1) is 11.3 Å². The van der Waals surface area contributed by atoms with Gasteiger partial charge in [0.2, 0.25) is 0 Å². The molecular weight excluding hydrogens is 291 g/mol. The van der Waals surface area contributed by atoms with Gasteiger partial charge in [0.1, 0.15) is 11.6 Å². The molecule has 0 aliphatic rings. The number of rotatable bonds is 4. The van der Waals surface area contributed by atoms with Crippen LogP contribution < -0.4 is 10.1 Å². The van der Waals surface area contributed by atoms with Gasteiger partial charge < -0.3 is 4.74 Å². The number of halogens is 2. The molecule has 2 rings (SSSR count). The van der Waals surface area contributed by atoms with E-state index in [4.69, 9.17) is 16.3 Å². The summed E-state index contributed by atoms with van der Waals surface area (Å²) in [6, 6.07) is 3.90. The molecular formula is C12H10ClFN2O2S. The zero-order valence-electron chi connectivity index (χ0n) is 9.94. The van der Waals surface area contributed by atoms with Crippen LogP contribution >= 0.6 is 22.9 Å². The Morgan fingerprint density at radius 3 is 3.00 bits per heavy atom. The summed E-state index contributed by atoms with van der Waals surface area (Å²) in [4.78, 5) is 16.6. The number of thiazole rings is 1. The number of carbonyl (C=O) groups is 1. The topological polar surface area (TPSA) is 51.2 Å². The minimum absolute atomic E-state index is 0.0477. The maximum atomic E-state index is 12.9. The molecule has 0 saturated heterocycles. The van der Waals surface area contributed by atoms with E-state index in [0.717, 1.165) is 4.88 Å². The molecule has 19 heavy (non-hydrogen) atoms. The monoisotopic (exact) mass is 300 g/mol. The smallest absolute Gasteiger partial charge is 0.264 e. The molecule has 0 aliphatic heterocycles. The van der Waals surface area contributed by atoms with Crippen molar-refractivity contribution in [2.45, 2.75) is 6.92 Å². The summed E-state index contributed by atoms with van der Waals surface area (Å²) in [5.41, 5.74) is 0. The lowest BCUT2D eigenvalue weighted by molar-refractivity contribution is -0.118. The van der Waals surface area contributed by atoms with E-state index in [2.05, 4.69) is 10.3 Å². The van der Waals surface area contributed by atoms with E-state index in [0.29, 0.717) is 10.9 Å². The molecule has 100 valence electrons. The van der Waals surface area contributed by atoms with E-state index in [-0.39, 0.29) is 17.5 Å². The lowest BCUT2D eigenvalue weighted by Crippen LogP contribution is -2.20. The number of benzene rings is 1. The van der Waals surface area contributed by atoms with Crippen molar-refractivity contribution in [3.63, 3.8) is 0 Å². The summed E-state index contributed by atoms with van der Waals surface area (Å²) in [7, 11) is 0. The first kappa shape index (κ1) is 13.8. The Morgan fingerprint density at radius 2 is 2.37 bits per heavy atom. The molecule has 0 radical (unpaired) electrons. The Hall–Kier alpha value is -1.66. The molecule has 0 unspecified atom stereocenters. The van der Waals surface area contributed by atoms with E-state index < -0.39 is 5.82 Å². The minimum atomic E-state index is -0.531. The van der Waals surface area contributed by atoms with Gasteiger partial charge >= 0.3 is 0 Å². The highest BCUT2D eigenvalue weighted by molar-refractivity contribution is 7.15. The molecule has 1 N–H and O–H groups in total. The molecule has 1 aromatic heterocycles. The third-order valence-electron chi connectivity index (χ3n) is 2.13. The highest BCUT2D eigenvalue weighted by atomic mass is 35.5. The maximum Gasteiger partial charge on any atom is 0.264 e. The van der Waals surface area contributed by atoms with Crippen molar-refractivity contribution in [3.05, 3.63) is 40.1 Å². The number of ether oxygens (including phenoxy) is 1. The van der Waals surface area contributed by atoms with Gasteiger partial charge in [0.15, 0.2) is 11.7 Å².